The topological polar surface area (TPSA) is 26.0 Å². The molecule has 1 aromatic rings. The predicted molar refractivity (Wildman–Crippen MR) is 83.9 cm³/mol. The third-order valence-corrected chi connectivity index (χ3v) is 4.32. The van der Waals surface area contributed by atoms with E-state index >= 15 is 0 Å². The third kappa shape index (κ3) is 5.11. The van der Waals surface area contributed by atoms with E-state index in [0.29, 0.717) is 5.92 Å². The van der Waals surface area contributed by atoms with Crippen LogP contribution in [0.4, 0.5) is 0 Å². The van der Waals surface area contributed by atoms with Gasteiger partial charge in [-0.25, -0.2) is 0 Å². The molecular weight excluding hydrogens is 286 g/mol. The molecule has 102 valence electrons. The molecule has 0 radical (unpaired) electrons. The number of hydrogen-bond acceptors (Lipinski definition) is 1. The van der Waals surface area contributed by atoms with Crippen molar-refractivity contribution in [2.75, 3.05) is 6.54 Å². The Kier molecular flexibility index (Phi) is 7.60. The standard InChI is InChI=1S/C16H26BrN/c1-3-5-6-13(4-2)11-15(12-18)14-7-9-16(17)10-8-14/h7-10,13,15H,3-6,11-12,18H2,1-2H3. The van der Waals surface area contributed by atoms with Crippen molar-refractivity contribution in [3.05, 3.63) is 34.3 Å². The summed E-state index contributed by atoms with van der Waals surface area (Å²) in [5.41, 5.74) is 7.35. The molecule has 0 spiro atoms. The number of hydrogen-bond donors (Lipinski definition) is 1. The van der Waals surface area contributed by atoms with Crippen LogP contribution >= 0.6 is 15.9 Å². The maximum atomic E-state index is 5.96. The second-order valence-corrected chi connectivity index (χ2v) is 6.05. The first-order valence-electron chi connectivity index (χ1n) is 7.16. The van der Waals surface area contributed by atoms with Crippen LogP contribution in [0.1, 0.15) is 57.4 Å². The zero-order valence-corrected chi connectivity index (χ0v) is 13.2. The van der Waals surface area contributed by atoms with Crippen LogP contribution in [0, 0.1) is 5.92 Å². The van der Waals surface area contributed by atoms with Crippen LogP contribution in [-0.2, 0) is 0 Å². The van der Waals surface area contributed by atoms with Crippen molar-refractivity contribution in [2.24, 2.45) is 11.7 Å². The van der Waals surface area contributed by atoms with Gasteiger partial charge in [0.05, 0.1) is 0 Å². The largest absolute Gasteiger partial charge is 0.330 e. The van der Waals surface area contributed by atoms with Crippen LogP contribution < -0.4 is 5.73 Å². The van der Waals surface area contributed by atoms with Crippen LogP contribution in [0.3, 0.4) is 0 Å². The minimum Gasteiger partial charge on any atom is -0.330 e. The van der Waals surface area contributed by atoms with Gasteiger partial charge in [0, 0.05) is 4.47 Å². The molecule has 0 aromatic heterocycles. The van der Waals surface area contributed by atoms with E-state index in [1.165, 1.54) is 37.7 Å². The van der Waals surface area contributed by atoms with E-state index in [2.05, 4.69) is 54.0 Å². The maximum absolute atomic E-state index is 5.96. The molecule has 0 saturated heterocycles. The molecule has 2 atom stereocenters. The van der Waals surface area contributed by atoms with Crippen molar-refractivity contribution in [1.82, 2.24) is 0 Å². The van der Waals surface area contributed by atoms with E-state index in [1.54, 1.807) is 0 Å². The van der Waals surface area contributed by atoms with Crippen molar-refractivity contribution in [1.29, 1.82) is 0 Å². The first-order valence-corrected chi connectivity index (χ1v) is 7.96. The van der Waals surface area contributed by atoms with Crippen LogP contribution in [0.25, 0.3) is 0 Å². The van der Waals surface area contributed by atoms with Gasteiger partial charge in [-0.05, 0) is 42.5 Å². The highest BCUT2D eigenvalue weighted by atomic mass is 79.9. The summed E-state index contributed by atoms with van der Waals surface area (Å²) < 4.78 is 1.14. The average Bonchev–Trinajstić information content (AvgIpc) is 2.40. The van der Waals surface area contributed by atoms with Crippen LogP contribution in [0.5, 0.6) is 0 Å². The number of halogens is 1. The van der Waals surface area contributed by atoms with Crippen molar-refractivity contribution < 1.29 is 0 Å². The minimum absolute atomic E-state index is 0.514. The molecule has 0 amide bonds. The lowest BCUT2D eigenvalue weighted by Crippen LogP contribution is -2.16. The van der Waals surface area contributed by atoms with Crippen LogP contribution in [0.2, 0.25) is 0 Å². The summed E-state index contributed by atoms with van der Waals surface area (Å²) in [5.74, 6) is 1.34. The van der Waals surface area contributed by atoms with Gasteiger partial charge in [0.2, 0.25) is 0 Å². The zero-order chi connectivity index (χ0) is 13.4. The molecular formula is C16H26BrN. The fourth-order valence-corrected chi connectivity index (χ4v) is 2.75. The van der Waals surface area contributed by atoms with Crippen LogP contribution in [-0.4, -0.2) is 6.54 Å². The molecule has 2 N–H and O–H groups in total. The zero-order valence-electron chi connectivity index (χ0n) is 11.7. The smallest absolute Gasteiger partial charge is 0.0175 e. The number of unbranched alkanes of at least 4 members (excludes halogenated alkanes) is 1. The van der Waals surface area contributed by atoms with E-state index in [9.17, 15) is 0 Å². The maximum Gasteiger partial charge on any atom is 0.0175 e. The van der Waals surface area contributed by atoms with Gasteiger partial charge in [0.15, 0.2) is 0 Å². The first kappa shape index (κ1) is 15.7. The summed E-state index contributed by atoms with van der Waals surface area (Å²) in [5, 5.41) is 0. The van der Waals surface area contributed by atoms with Gasteiger partial charge in [-0.2, -0.15) is 0 Å². The SMILES string of the molecule is CCCCC(CC)CC(CN)c1ccc(Br)cc1. The highest BCUT2D eigenvalue weighted by Crippen LogP contribution is 2.28. The molecule has 1 aromatic carbocycles. The van der Waals surface area contributed by atoms with Gasteiger partial charge >= 0.3 is 0 Å². The molecule has 1 nitrogen and oxygen atoms in total. The van der Waals surface area contributed by atoms with Gasteiger partial charge in [-0.1, -0.05) is 67.6 Å². The lowest BCUT2D eigenvalue weighted by molar-refractivity contribution is 0.387. The summed E-state index contributed by atoms with van der Waals surface area (Å²) in [4.78, 5) is 0. The molecule has 0 aliphatic carbocycles. The Labute approximate surface area is 120 Å². The average molecular weight is 312 g/mol. The van der Waals surface area contributed by atoms with E-state index in [1.807, 2.05) is 0 Å². The summed E-state index contributed by atoms with van der Waals surface area (Å²) in [6, 6.07) is 8.64. The van der Waals surface area contributed by atoms with Crippen molar-refractivity contribution in [3.63, 3.8) is 0 Å². The molecule has 0 saturated carbocycles. The van der Waals surface area contributed by atoms with E-state index in [4.69, 9.17) is 5.73 Å². The summed E-state index contributed by atoms with van der Waals surface area (Å²) in [7, 11) is 0. The molecule has 0 aliphatic rings. The molecule has 2 heteroatoms. The van der Waals surface area contributed by atoms with E-state index < -0.39 is 0 Å². The molecule has 0 bridgehead atoms. The number of rotatable bonds is 8. The second-order valence-electron chi connectivity index (χ2n) is 5.14. The quantitative estimate of drug-likeness (QED) is 0.710. The fraction of sp³-hybridized carbons (Fsp3) is 0.625. The Morgan fingerprint density at radius 1 is 1.17 bits per heavy atom. The van der Waals surface area contributed by atoms with E-state index in [0.717, 1.165) is 16.9 Å². The summed E-state index contributed by atoms with van der Waals surface area (Å²) in [6.07, 6.45) is 6.49. The third-order valence-electron chi connectivity index (χ3n) is 3.79. The molecule has 18 heavy (non-hydrogen) atoms. The minimum atomic E-state index is 0.514. The van der Waals surface area contributed by atoms with Gasteiger partial charge < -0.3 is 5.73 Å². The number of nitrogens with two attached hydrogens (primary N) is 1. The Hall–Kier alpha value is -0.340. The second kappa shape index (κ2) is 8.71. The lowest BCUT2D eigenvalue weighted by Gasteiger charge is -2.22. The highest BCUT2D eigenvalue weighted by molar-refractivity contribution is 9.10. The Balaban J connectivity index is 2.62. The van der Waals surface area contributed by atoms with Gasteiger partial charge in [0.25, 0.3) is 0 Å². The highest BCUT2D eigenvalue weighted by Gasteiger charge is 2.15. The number of benzene rings is 1. The molecule has 0 aliphatic heterocycles. The van der Waals surface area contributed by atoms with Gasteiger partial charge in [-0.15, -0.1) is 0 Å². The van der Waals surface area contributed by atoms with E-state index in [-0.39, 0.29) is 0 Å². The molecule has 1 rings (SSSR count). The fourth-order valence-electron chi connectivity index (χ4n) is 2.49. The normalized spacial score (nSPS) is 14.4. The van der Waals surface area contributed by atoms with Crippen molar-refractivity contribution in [3.8, 4) is 0 Å². The monoisotopic (exact) mass is 311 g/mol. The Bertz CT molecular complexity index is 320. The van der Waals surface area contributed by atoms with Crippen molar-refractivity contribution in [2.45, 2.75) is 51.9 Å². The molecule has 0 fully saturated rings. The molecule has 2 unspecified atom stereocenters. The predicted octanol–water partition coefficient (Wildman–Crippen LogP) is 5.10. The summed E-state index contributed by atoms with van der Waals surface area (Å²) >= 11 is 3.48. The summed E-state index contributed by atoms with van der Waals surface area (Å²) in [6.45, 7) is 5.32. The Morgan fingerprint density at radius 2 is 1.83 bits per heavy atom. The van der Waals surface area contributed by atoms with Gasteiger partial charge in [-0.3, -0.25) is 0 Å². The van der Waals surface area contributed by atoms with Gasteiger partial charge in [0.1, 0.15) is 0 Å². The first-order chi connectivity index (χ1) is 8.71. The lowest BCUT2D eigenvalue weighted by atomic mass is 9.85. The molecule has 0 heterocycles. The Morgan fingerprint density at radius 3 is 2.33 bits per heavy atom. The van der Waals surface area contributed by atoms with Crippen molar-refractivity contribution >= 4 is 15.9 Å². The van der Waals surface area contributed by atoms with Crippen LogP contribution in [0.15, 0.2) is 28.7 Å².